The van der Waals surface area contributed by atoms with Crippen LogP contribution in [-0.2, 0) is 11.2 Å². The van der Waals surface area contributed by atoms with Gasteiger partial charge in [-0.2, -0.15) is 0 Å². The van der Waals surface area contributed by atoms with Crippen molar-refractivity contribution < 1.29 is 9.59 Å². The second-order valence-electron chi connectivity index (χ2n) is 10.6. The molecular weight excluding hydrogens is 474 g/mol. The van der Waals surface area contributed by atoms with E-state index in [4.69, 9.17) is 0 Å². The molecule has 0 saturated heterocycles. The highest BCUT2D eigenvalue weighted by atomic mass is 16.2. The average Bonchev–Trinajstić information content (AvgIpc) is 2.92. The number of aliphatic imine (C=N–C) groups is 1. The van der Waals surface area contributed by atoms with Gasteiger partial charge in [0, 0.05) is 24.4 Å². The third kappa shape index (κ3) is 4.62. The first-order valence-corrected chi connectivity index (χ1v) is 13.5. The number of carbonyl (C=O) groups excluding carboxylic acids is 2. The second-order valence-corrected chi connectivity index (χ2v) is 10.6. The van der Waals surface area contributed by atoms with Crippen molar-refractivity contribution in [2.45, 2.75) is 46.6 Å². The number of nitrogens with zero attached hydrogens (tertiary/aromatic N) is 3. The maximum absolute atomic E-state index is 14.0. The van der Waals surface area contributed by atoms with Gasteiger partial charge in [-0.1, -0.05) is 55.8 Å². The second kappa shape index (κ2) is 10.5. The Morgan fingerprint density at radius 3 is 2.53 bits per heavy atom. The van der Waals surface area contributed by atoms with Crippen LogP contribution in [0.2, 0.25) is 0 Å². The van der Waals surface area contributed by atoms with E-state index in [0.717, 1.165) is 41.2 Å². The number of nitrogens with one attached hydrogen (secondary N) is 2. The van der Waals surface area contributed by atoms with E-state index in [1.54, 1.807) is 7.05 Å². The van der Waals surface area contributed by atoms with Gasteiger partial charge in [0.2, 0.25) is 5.91 Å². The van der Waals surface area contributed by atoms with Crippen molar-refractivity contribution in [3.63, 3.8) is 0 Å². The average molecular weight is 512 g/mol. The molecule has 7 nitrogen and oxygen atoms in total. The number of amidine groups is 1. The van der Waals surface area contributed by atoms with Crippen molar-refractivity contribution in [2.75, 3.05) is 25.0 Å². The number of allylic oxidation sites excluding steroid dienone is 2. The number of hydrogen-bond donors (Lipinski definition) is 2. The van der Waals surface area contributed by atoms with Gasteiger partial charge < -0.3 is 15.5 Å². The van der Waals surface area contributed by atoms with Crippen molar-refractivity contribution in [2.24, 2.45) is 16.8 Å². The molecule has 3 aliphatic rings. The summed E-state index contributed by atoms with van der Waals surface area (Å²) in [4.78, 5) is 34.9. The summed E-state index contributed by atoms with van der Waals surface area (Å²) >= 11 is 0. The molecule has 3 atom stereocenters. The highest BCUT2D eigenvalue weighted by Gasteiger charge is 2.41. The number of benzene rings is 2. The summed E-state index contributed by atoms with van der Waals surface area (Å²) in [6.45, 7) is 9.31. The maximum Gasteiger partial charge on any atom is 0.261 e. The van der Waals surface area contributed by atoms with Crippen molar-refractivity contribution in [3.05, 3.63) is 88.4 Å². The Morgan fingerprint density at radius 1 is 1.05 bits per heavy atom. The van der Waals surface area contributed by atoms with E-state index in [0.29, 0.717) is 24.2 Å². The molecular formula is C31H37N5O2. The van der Waals surface area contributed by atoms with E-state index in [1.165, 1.54) is 11.1 Å². The van der Waals surface area contributed by atoms with Gasteiger partial charge in [-0.3, -0.25) is 19.5 Å². The Morgan fingerprint density at radius 2 is 1.76 bits per heavy atom. The first-order valence-electron chi connectivity index (χ1n) is 13.5. The predicted molar refractivity (Wildman–Crippen MR) is 152 cm³/mol. The van der Waals surface area contributed by atoms with Crippen LogP contribution in [0.5, 0.6) is 0 Å². The minimum Gasteiger partial charge on any atom is -0.358 e. The Kier molecular flexibility index (Phi) is 7.11. The molecule has 0 spiro atoms. The van der Waals surface area contributed by atoms with Crippen LogP contribution in [0.4, 0.5) is 5.69 Å². The van der Waals surface area contributed by atoms with Crippen LogP contribution in [0.3, 0.4) is 0 Å². The van der Waals surface area contributed by atoms with Crippen LogP contribution < -0.4 is 15.5 Å². The number of hydrogen-bond acceptors (Lipinski definition) is 4. The fraction of sp³-hybridized carbons (Fsp3) is 0.387. The highest BCUT2D eigenvalue weighted by Crippen LogP contribution is 2.41. The molecule has 0 saturated carbocycles. The van der Waals surface area contributed by atoms with Crippen molar-refractivity contribution in [3.8, 4) is 0 Å². The zero-order valence-corrected chi connectivity index (χ0v) is 22.9. The predicted octanol–water partition coefficient (Wildman–Crippen LogP) is 4.47. The molecule has 198 valence electrons. The van der Waals surface area contributed by atoms with Gasteiger partial charge in [-0.15, -0.1) is 0 Å². The molecule has 2 amide bonds. The van der Waals surface area contributed by atoms with Crippen LogP contribution in [-0.4, -0.2) is 48.7 Å². The van der Waals surface area contributed by atoms with Gasteiger partial charge in [0.15, 0.2) is 0 Å². The summed E-state index contributed by atoms with van der Waals surface area (Å²) in [5, 5.41) is 6.22. The summed E-state index contributed by atoms with van der Waals surface area (Å²) in [6, 6.07) is 16.4. The van der Waals surface area contributed by atoms with Gasteiger partial charge in [-0.05, 0) is 62.3 Å². The smallest absolute Gasteiger partial charge is 0.261 e. The first kappa shape index (κ1) is 25.8. The first-order chi connectivity index (χ1) is 18.3. The van der Waals surface area contributed by atoms with Crippen molar-refractivity contribution in [1.29, 1.82) is 0 Å². The van der Waals surface area contributed by atoms with E-state index in [-0.39, 0.29) is 24.4 Å². The lowest BCUT2D eigenvalue weighted by Crippen LogP contribution is -2.54. The number of aryl methyl sites for hydroxylation is 1. The zero-order chi connectivity index (χ0) is 27.0. The molecule has 3 heterocycles. The Balaban J connectivity index is 1.56. The van der Waals surface area contributed by atoms with Crippen LogP contribution in [0.25, 0.3) is 0 Å². The molecule has 3 aliphatic heterocycles. The van der Waals surface area contributed by atoms with Crippen LogP contribution in [0, 0.1) is 11.8 Å². The fourth-order valence-corrected chi connectivity index (χ4v) is 5.63. The maximum atomic E-state index is 14.0. The number of rotatable bonds is 4. The standard InChI is InChI=1S/C31H37N5O2/c1-19-14-15-23-10-6-7-11-24(23)30(33-17-28(37)32-5)34-26(19)18-35-29-16-20(2)21(3)22(4)36(29)27-13-9-8-12-25(27)31(35)38/h6-13,16,20-22H,14-15,17-18H2,1-5H3,(H,32,37)(H,33,34). The number of para-hydroxylation sites is 1. The SMILES string of the molecule is CNC(=O)CN=C1NC(CN2C(=O)c3ccccc3N3C2=CC(C)C(C)C3C)=C(C)CCc2ccccc21. The van der Waals surface area contributed by atoms with E-state index >= 15 is 0 Å². The quantitative estimate of drug-likeness (QED) is 0.635. The van der Waals surface area contributed by atoms with Gasteiger partial charge in [-0.25, -0.2) is 0 Å². The molecule has 5 rings (SSSR count). The molecule has 0 fully saturated rings. The van der Waals surface area contributed by atoms with Crippen LogP contribution >= 0.6 is 0 Å². The summed E-state index contributed by atoms with van der Waals surface area (Å²) in [5.74, 6) is 2.25. The zero-order valence-electron chi connectivity index (χ0n) is 22.9. The molecule has 2 N–H and O–H groups in total. The van der Waals surface area contributed by atoms with Gasteiger partial charge in [0.25, 0.3) is 5.91 Å². The minimum absolute atomic E-state index is 0.00506. The van der Waals surface area contributed by atoms with E-state index in [2.05, 4.69) is 66.4 Å². The normalized spacial score (nSPS) is 24.0. The molecule has 2 aromatic rings. The van der Waals surface area contributed by atoms with Crippen LogP contribution in [0.15, 0.2) is 76.7 Å². The number of anilines is 1. The lowest BCUT2D eigenvalue weighted by molar-refractivity contribution is -0.119. The molecule has 0 bridgehead atoms. The summed E-state index contributed by atoms with van der Waals surface area (Å²) in [6.07, 6.45) is 3.98. The van der Waals surface area contributed by atoms with Gasteiger partial charge >= 0.3 is 0 Å². The van der Waals surface area contributed by atoms with E-state index in [9.17, 15) is 9.59 Å². The van der Waals surface area contributed by atoms with Gasteiger partial charge in [0.05, 0.1) is 17.8 Å². The third-order valence-electron chi connectivity index (χ3n) is 8.37. The number of carbonyl (C=O) groups is 2. The monoisotopic (exact) mass is 511 g/mol. The largest absolute Gasteiger partial charge is 0.358 e. The lowest BCUT2D eigenvalue weighted by Gasteiger charge is -2.49. The summed E-state index contributed by atoms with van der Waals surface area (Å²) in [5.41, 5.74) is 6.01. The van der Waals surface area contributed by atoms with Crippen molar-refractivity contribution >= 4 is 23.3 Å². The summed E-state index contributed by atoms with van der Waals surface area (Å²) < 4.78 is 0. The minimum atomic E-state index is -0.149. The molecule has 0 aliphatic carbocycles. The molecule has 7 heteroatoms. The van der Waals surface area contributed by atoms with Crippen molar-refractivity contribution in [1.82, 2.24) is 15.5 Å². The molecule has 3 unspecified atom stereocenters. The molecule has 0 radical (unpaired) electrons. The highest BCUT2D eigenvalue weighted by molar-refractivity contribution is 6.05. The lowest BCUT2D eigenvalue weighted by atomic mass is 9.84. The van der Waals surface area contributed by atoms with E-state index in [1.807, 2.05) is 41.3 Å². The fourth-order valence-electron chi connectivity index (χ4n) is 5.63. The topological polar surface area (TPSA) is 77.0 Å². The Hall–Kier alpha value is -3.87. The molecule has 0 aromatic heterocycles. The van der Waals surface area contributed by atoms with Gasteiger partial charge in [0.1, 0.15) is 18.2 Å². The Bertz CT molecular complexity index is 1360. The van der Waals surface area contributed by atoms with E-state index < -0.39 is 0 Å². The van der Waals surface area contributed by atoms with Crippen LogP contribution in [0.1, 0.15) is 55.6 Å². The Labute approximate surface area is 225 Å². The number of likely N-dealkylation sites (N-methyl/N-ethyl adjacent to an activating group) is 1. The summed E-state index contributed by atoms with van der Waals surface area (Å²) in [7, 11) is 1.61. The molecule has 2 aromatic carbocycles. The number of fused-ring (bicyclic) bond motifs is 4. The molecule has 38 heavy (non-hydrogen) atoms. The number of amides is 2. The third-order valence-corrected chi connectivity index (χ3v) is 8.37.